The van der Waals surface area contributed by atoms with Crippen LogP contribution in [0.25, 0.3) is 0 Å². The molecule has 1 rings (SSSR count). The van der Waals surface area contributed by atoms with E-state index < -0.39 is 6.10 Å². The molecule has 1 aliphatic heterocycles. The first-order valence-electron chi connectivity index (χ1n) is 4.33. The van der Waals surface area contributed by atoms with E-state index in [1.807, 2.05) is 6.92 Å². The molecule has 80 valence electrons. The molecule has 13 heavy (non-hydrogen) atoms. The molecule has 0 amide bonds. The molecule has 1 heterocycles. The van der Waals surface area contributed by atoms with Gasteiger partial charge in [0, 0.05) is 37.6 Å². The summed E-state index contributed by atoms with van der Waals surface area (Å²) in [5.74, 6) is -0.215. The molecule has 0 radical (unpaired) electrons. The Labute approximate surface area is 84.4 Å². The second-order valence-corrected chi connectivity index (χ2v) is 3.48. The second kappa shape index (κ2) is 5.78. The smallest absolute Gasteiger partial charge is 0.0744 e. The number of hydrogen-bond donors (Lipinski definition) is 4. The molecule has 0 bridgehead atoms. The average Bonchev–Trinajstić information content (AvgIpc) is 2.09. The first-order chi connectivity index (χ1) is 5.70. The van der Waals surface area contributed by atoms with Crippen molar-refractivity contribution in [1.82, 2.24) is 5.32 Å². The van der Waals surface area contributed by atoms with E-state index in [0.717, 1.165) is 0 Å². The number of halogens is 1. The third-order valence-electron chi connectivity index (χ3n) is 2.70. The molecule has 1 aliphatic rings. The van der Waals surface area contributed by atoms with Crippen molar-refractivity contribution >= 4 is 12.4 Å². The van der Waals surface area contributed by atoms with Crippen LogP contribution in [0.3, 0.4) is 0 Å². The third kappa shape index (κ3) is 2.79. The minimum Gasteiger partial charge on any atom is -0.396 e. The first-order valence-corrected chi connectivity index (χ1v) is 4.33. The molecule has 5 heteroatoms. The van der Waals surface area contributed by atoms with E-state index in [1.165, 1.54) is 0 Å². The third-order valence-corrected chi connectivity index (χ3v) is 2.70. The van der Waals surface area contributed by atoms with Gasteiger partial charge in [0.25, 0.3) is 0 Å². The first kappa shape index (κ1) is 13.1. The highest BCUT2D eigenvalue weighted by atomic mass is 35.5. The molecular weight excluding hydrogens is 194 g/mol. The van der Waals surface area contributed by atoms with Gasteiger partial charge in [0.15, 0.2) is 0 Å². The number of nitrogens with one attached hydrogen (secondary N) is 1. The van der Waals surface area contributed by atoms with Gasteiger partial charge in [-0.3, -0.25) is 0 Å². The maximum atomic E-state index is 9.61. The van der Waals surface area contributed by atoms with Crippen molar-refractivity contribution in [2.75, 3.05) is 19.8 Å². The second-order valence-electron chi connectivity index (χ2n) is 3.48. The normalized spacial score (nSPS) is 39.7. The Bertz CT molecular complexity index is 145. The van der Waals surface area contributed by atoms with E-state index in [-0.39, 0.29) is 43.5 Å². The Morgan fingerprint density at radius 2 is 1.92 bits per heavy atom. The zero-order valence-electron chi connectivity index (χ0n) is 7.68. The molecule has 0 aromatic heterocycles. The topological polar surface area (TPSA) is 72.7 Å². The Balaban J connectivity index is 0.00000144. The predicted octanol–water partition coefficient (Wildman–Crippen LogP) is -1.02. The minimum atomic E-state index is -0.555. The van der Waals surface area contributed by atoms with E-state index >= 15 is 0 Å². The number of aliphatic hydroxyl groups is 3. The highest BCUT2D eigenvalue weighted by Crippen LogP contribution is 2.21. The Kier molecular flexibility index (Phi) is 5.83. The SMILES string of the molecule is CC1NCC(CO)C(CO)C1O.Cl. The van der Waals surface area contributed by atoms with Crippen LogP contribution in [0.15, 0.2) is 0 Å². The standard InChI is InChI=1S/C8H17NO3.ClH/c1-5-8(12)7(4-11)6(3-10)2-9-5;/h5-12H,2-4H2,1H3;1H. The van der Waals surface area contributed by atoms with Crippen molar-refractivity contribution < 1.29 is 15.3 Å². The van der Waals surface area contributed by atoms with Gasteiger partial charge in [-0.1, -0.05) is 0 Å². The van der Waals surface area contributed by atoms with E-state index in [4.69, 9.17) is 10.2 Å². The monoisotopic (exact) mass is 211 g/mol. The van der Waals surface area contributed by atoms with Crippen LogP contribution in [0.4, 0.5) is 0 Å². The van der Waals surface area contributed by atoms with E-state index in [9.17, 15) is 5.11 Å². The summed E-state index contributed by atoms with van der Waals surface area (Å²) >= 11 is 0. The van der Waals surface area contributed by atoms with E-state index in [0.29, 0.717) is 6.54 Å². The summed E-state index contributed by atoms with van der Waals surface area (Å²) in [6, 6.07) is 0.00458. The van der Waals surface area contributed by atoms with Crippen molar-refractivity contribution in [1.29, 1.82) is 0 Å². The van der Waals surface area contributed by atoms with Gasteiger partial charge in [-0.25, -0.2) is 0 Å². The van der Waals surface area contributed by atoms with E-state index in [2.05, 4.69) is 5.32 Å². The molecule has 1 fully saturated rings. The fourth-order valence-electron chi connectivity index (χ4n) is 1.72. The fourth-order valence-corrected chi connectivity index (χ4v) is 1.72. The van der Waals surface area contributed by atoms with Crippen LogP contribution >= 0.6 is 12.4 Å². The Hall–Kier alpha value is 0.130. The molecule has 0 aliphatic carbocycles. The van der Waals surface area contributed by atoms with Crippen LogP contribution in [-0.2, 0) is 0 Å². The molecule has 4 nitrogen and oxygen atoms in total. The molecule has 4 atom stereocenters. The number of hydrogen-bond acceptors (Lipinski definition) is 4. The fraction of sp³-hybridized carbons (Fsp3) is 1.00. The van der Waals surface area contributed by atoms with Crippen LogP contribution in [-0.4, -0.2) is 47.2 Å². The lowest BCUT2D eigenvalue weighted by atomic mass is 9.82. The summed E-state index contributed by atoms with van der Waals surface area (Å²) in [5, 5.41) is 30.6. The Morgan fingerprint density at radius 3 is 2.38 bits per heavy atom. The lowest BCUT2D eigenvalue weighted by Crippen LogP contribution is -2.54. The molecule has 1 saturated heterocycles. The van der Waals surface area contributed by atoms with Gasteiger partial charge < -0.3 is 20.6 Å². The summed E-state index contributed by atoms with van der Waals surface area (Å²) in [7, 11) is 0. The molecular formula is C8H18ClNO3. The van der Waals surface area contributed by atoms with Gasteiger partial charge in [0.2, 0.25) is 0 Å². The predicted molar refractivity (Wildman–Crippen MR) is 51.9 cm³/mol. The van der Waals surface area contributed by atoms with Crippen molar-refractivity contribution in [3.63, 3.8) is 0 Å². The summed E-state index contributed by atoms with van der Waals surface area (Å²) in [5.41, 5.74) is 0. The molecule has 4 unspecified atom stereocenters. The number of rotatable bonds is 2. The van der Waals surface area contributed by atoms with Crippen molar-refractivity contribution in [3.8, 4) is 0 Å². The average molecular weight is 212 g/mol. The molecule has 4 N–H and O–H groups in total. The van der Waals surface area contributed by atoms with Crippen LogP contribution < -0.4 is 5.32 Å². The quantitative estimate of drug-likeness (QED) is 0.472. The zero-order valence-corrected chi connectivity index (χ0v) is 8.50. The highest BCUT2D eigenvalue weighted by molar-refractivity contribution is 5.85. The van der Waals surface area contributed by atoms with Crippen molar-refractivity contribution in [3.05, 3.63) is 0 Å². The van der Waals surface area contributed by atoms with Gasteiger partial charge in [-0.15, -0.1) is 12.4 Å². The minimum absolute atomic E-state index is 0. The lowest BCUT2D eigenvalue weighted by Gasteiger charge is -2.38. The number of aliphatic hydroxyl groups excluding tert-OH is 3. The Morgan fingerprint density at radius 1 is 1.31 bits per heavy atom. The van der Waals surface area contributed by atoms with Gasteiger partial charge in [0.1, 0.15) is 0 Å². The van der Waals surface area contributed by atoms with Crippen LogP contribution in [0.1, 0.15) is 6.92 Å². The number of piperidine rings is 1. The van der Waals surface area contributed by atoms with Gasteiger partial charge in [0.05, 0.1) is 6.10 Å². The van der Waals surface area contributed by atoms with Gasteiger partial charge >= 0.3 is 0 Å². The molecule has 0 spiro atoms. The van der Waals surface area contributed by atoms with Crippen molar-refractivity contribution in [2.24, 2.45) is 11.8 Å². The zero-order chi connectivity index (χ0) is 9.14. The van der Waals surface area contributed by atoms with Gasteiger partial charge in [-0.2, -0.15) is 0 Å². The summed E-state index contributed by atoms with van der Waals surface area (Å²) in [6.07, 6.45) is -0.555. The summed E-state index contributed by atoms with van der Waals surface area (Å²) in [6.45, 7) is 2.50. The molecule has 0 aromatic rings. The molecule has 0 aromatic carbocycles. The summed E-state index contributed by atoms with van der Waals surface area (Å²) < 4.78 is 0. The van der Waals surface area contributed by atoms with Crippen LogP contribution in [0.5, 0.6) is 0 Å². The van der Waals surface area contributed by atoms with Crippen LogP contribution in [0, 0.1) is 11.8 Å². The largest absolute Gasteiger partial charge is 0.396 e. The van der Waals surface area contributed by atoms with Crippen molar-refractivity contribution in [2.45, 2.75) is 19.1 Å². The van der Waals surface area contributed by atoms with E-state index in [1.54, 1.807) is 0 Å². The van der Waals surface area contributed by atoms with Gasteiger partial charge in [-0.05, 0) is 6.92 Å². The highest BCUT2D eigenvalue weighted by Gasteiger charge is 2.35. The molecule has 0 saturated carbocycles. The summed E-state index contributed by atoms with van der Waals surface area (Å²) in [4.78, 5) is 0. The maximum absolute atomic E-state index is 9.61. The van der Waals surface area contributed by atoms with Crippen LogP contribution in [0.2, 0.25) is 0 Å². The lowest BCUT2D eigenvalue weighted by molar-refractivity contribution is -0.0286. The maximum Gasteiger partial charge on any atom is 0.0744 e.